The molecule has 3 aromatic rings. The lowest BCUT2D eigenvalue weighted by atomic mass is 10.1. The summed E-state index contributed by atoms with van der Waals surface area (Å²) in [5.41, 5.74) is 1.35. The van der Waals surface area contributed by atoms with Crippen LogP contribution in [0.15, 0.2) is 45.6 Å². The van der Waals surface area contributed by atoms with Gasteiger partial charge in [-0.25, -0.2) is 9.18 Å². The number of halogens is 2. The Bertz CT molecular complexity index is 1060. The van der Waals surface area contributed by atoms with Gasteiger partial charge in [-0.15, -0.1) is 0 Å². The molecule has 134 valence electrons. The van der Waals surface area contributed by atoms with E-state index in [9.17, 15) is 14.0 Å². The summed E-state index contributed by atoms with van der Waals surface area (Å²) in [6.45, 7) is 3.13. The van der Waals surface area contributed by atoms with Crippen molar-refractivity contribution in [1.29, 1.82) is 0 Å². The number of nitrogens with one attached hydrogen (secondary N) is 1. The molecular formula is C19H15ClFNO4. The van der Waals surface area contributed by atoms with Gasteiger partial charge in [0.1, 0.15) is 17.1 Å². The molecule has 0 aliphatic rings. The van der Waals surface area contributed by atoms with Crippen molar-refractivity contribution >= 4 is 34.2 Å². The first-order chi connectivity index (χ1) is 12.3. The predicted molar refractivity (Wildman–Crippen MR) is 97.5 cm³/mol. The van der Waals surface area contributed by atoms with Crippen LogP contribution in [0.4, 0.5) is 10.1 Å². The molecule has 1 aromatic heterocycles. The number of hydrogen-bond acceptors (Lipinski definition) is 4. The van der Waals surface area contributed by atoms with Crippen LogP contribution in [0.5, 0.6) is 5.75 Å². The first-order valence-corrected chi connectivity index (χ1v) is 8.14. The quantitative estimate of drug-likeness (QED) is 0.693. The Kier molecular flexibility index (Phi) is 4.95. The molecule has 1 heterocycles. The molecule has 0 fully saturated rings. The SMILES string of the molecule is Cc1ccc(NC(=O)COc2cc3oc(=O)cc(C)c3cc2Cl)c(F)c1. The lowest BCUT2D eigenvalue weighted by molar-refractivity contribution is -0.118. The van der Waals surface area contributed by atoms with Gasteiger partial charge in [0.2, 0.25) is 0 Å². The maximum absolute atomic E-state index is 13.8. The van der Waals surface area contributed by atoms with Crippen molar-refractivity contribution in [1.82, 2.24) is 0 Å². The topological polar surface area (TPSA) is 68.5 Å². The third-order valence-corrected chi connectivity index (χ3v) is 4.06. The average molecular weight is 376 g/mol. The average Bonchev–Trinajstić information content (AvgIpc) is 2.56. The molecule has 0 saturated heterocycles. The van der Waals surface area contributed by atoms with Crippen molar-refractivity contribution in [2.45, 2.75) is 13.8 Å². The number of benzene rings is 2. The summed E-state index contributed by atoms with van der Waals surface area (Å²) in [4.78, 5) is 23.5. The fraction of sp³-hybridized carbons (Fsp3) is 0.158. The summed E-state index contributed by atoms with van der Waals surface area (Å²) >= 11 is 6.16. The van der Waals surface area contributed by atoms with Crippen molar-refractivity contribution in [2.24, 2.45) is 0 Å². The molecule has 7 heteroatoms. The summed E-state index contributed by atoms with van der Waals surface area (Å²) in [7, 11) is 0. The van der Waals surface area contributed by atoms with E-state index >= 15 is 0 Å². The number of aryl methyl sites for hydroxylation is 2. The molecule has 3 rings (SSSR count). The molecule has 0 atom stereocenters. The Morgan fingerprint density at radius 1 is 1.23 bits per heavy atom. The normalized spacial score (nSPS) is 10.8. The van der Waals surface area contributed by atoms with E-state index in [0.717, 1.165) is 11.1 Å². The molecule has 2 aromatic carbocycles. The Morgan fingerprint density at radius 3 is 2.73 bits per heavy atom. The first-order valence-electron chi connectivity index (χ1n) is 7.76. The van der Waals surface area contributed by atoms with E-state index in [2.05, 4.69) is 5.32 Å². The van der Waals surface area contributed by atoms with Crippen LogP contribution in [0.2, 0.25) is 5.02 Å². The van der Waals surface area contributed by atoms with Gasteiger partial charge in [-0.05, 0) is 43.2 Å². The van der Waals surface area contributed by atoms with Gasteiger partial charge in [-0.1, -0.05) is 17.7 Å². The summed E-state index contributed by atoms with van der Waals surface area (Å²) in [6.07, 6.45) is 0. The van der Waals surface area contributed by atoms with Gasteiger partial charge in [0.25, 0.3) is 5.91 Å². The van der Waals surface area contributed by atoms with Gasteiger partial charge < -0.3 is 14.5 Å². The maximum atomic E-state index is 13.8. The summed E-state index contributed by atoms with van der Waals surface area (Å²) in [6, 6.07) is 8.89. The van der Waals surface area contributed by atoms with Crippen LogP contribution in [-0.2, 0) is 4.79 Å². The van der Waals surface area contributed by atoms with Gasteiger partial charge in [-0.2, -0.15) is 0 Å². The molecule has 0 aliphatic carbocycles. The number of anilines is 1. The lowest BCUT2D eigenvalue weighted by Crippen LogP contribution is -2.21. The van der Waals surface area contributed by atoms with Crippen molar-refractivity contribution in [3.63, 3.8) is 0 Å². The fourth-order valence-electron chi connectivity index (χ4n) is 2.48. The Labute approximate surface area is 153 Å². The standard InChI is InChI=1S/C19H15ClFNO4/c1-10-3-4-15(14(21)5-10)22-18(23)9-25-17-8-16-12(7-13(17)20)11(2)6-19(24)26-16/h3-8H,9H2,1-2H3,(H,22,23). The van der Waals surface area contributed by atoms with E-state index < -0.39 is 17.3 Å². The number of carbonyl (C=O) groups is 1. The van der Waals surface area contributed by atoms with Gasteiger partial charge in [0.15, 0.2) is 6.61 Å². The predicted octanol–water partition coefficient (Wildman–Crippen LogP) is 4.22. The lowest BCUT2D eigenvalue weighted by Gasteiger charge is -2.11. The van der Waals surface area contributed by atoms with E-state index in [1.165, 1.54) is 24.3 Å². The minimum absolute atomic E-state index is 0.0652. The number of fused-ring (bicyclic) bond motifs is 1. The molecule has 0 unspecified atom stereocenters. The zero-order valence-corrected chi connectivity index (χ0v) is 14.8. The van der Waals surface area contributed by atoms with Crippen LogP contribution in [0.3, 0.4) is 0 Å². The summed E-state index contributed by atoms with van der Waals surface area (Å²) < 4.78 is 24.3. The number of amides is 1. The fourth-order valence-corrected chi connectivity index (χ4v) is 2.70. The van der Waals surface area contributed by atoms with Gasteiger partial charge in [0, 0.05) is 17.5 Å². The van der Waals surface area contributed by atoms with Crippen LogP contribution in [0, 0.1) is 19.7 Å². The number of hydrogen-bond donors (Lipinski definition) is 1. The van der Waals surface area contributed by atoms with E-state index in [4.69, 9.17) is 20.8 Å². The molecule has 1 N–H and O–H groups in total. The zero-order valence-electron chi connectivity index (χ0n) is 14.1. The van der Waals surface area contributed by atoms with Gasteiger partial charge >= 0.3 is 5.63 Å². The third kappa shape index (κ3) is 3.86. The molecule has 0 bridgehead atoms. The molecule has 0 spiro atoms. The van der Waals surface area contributed by atoms with Gasteiger partial charge in [-0.3, -0.25) is 4.79 Å². The van der Waals surface area contributed by atoms with E-state index in [1.54, 1.807) is 26.0 Å². The molecule has 5 nitrogen and oxygen atoms in total. The monoisotopic (exact) mass is 375 g/mol. The summed E-state index contributed by atoms with van der Waals surface area (Å²) in [5, 5.41) is 3.37. The van der Waals surface area contributed by atoms with E-state index in [1.807, 2.05) is 0 Å². The Hall–Kier alpha value is -2.86. The maximum Gasteiger partial charge on any atom is 0.336 e. The van der Waals surface area contributed by atoms with Crippen LogP contribution < -0.4 is 15.7 Å². The molecular weight excluding hydrogens is 361 g/mol. The number of carbonyl (C=O) groups excluding carboxylic acids is 1. The second-order valence-electron chi connectivity index (χ2n) is 5.85. The highest BCUT2D eigenvalue weighted by Gasteiger charge is 2.12. The van der Waals surface area contributed by atoms with Crippen molar-refractivity contribution in [2.75, 3.05) is 11.9 Å². The summed E-state index contributed by atoms with van der Waals surface area (Å²) in [5.74, 6) is -0.888. The number of ether oxygens (including phenoxy) is 1. The number of rotatable bonds is 4. The second kappa shape index (κ2) is 7.17. The molecule has 0 saturated carbocycles. The molecule has 0 aliphatic heterocycles. The highest BCUT2D eigenvalue weighted by Crippen LogP contribution is 2.31. The second-order valence-corrected chi connectivity index (χ2v) is 6.25. The minimum Gasteiger partial charge on any atom is -0.482 e. The molecule has 0 radical (unpaired) electrons. The smallest absolute Gasteiger partial charge is 0.336 e. The highest BCUT2D eigenvalue weighted by atomic mass is 35.5. The van der Waals surface area contributed by atoms with Crippen LogP contribution >= 0.6 is 11.6 Å². The van der Waals surface area contributed by atoms with Crippen molar-refractivity contribution in [3.8, 4) is 5.75 Å². The minimum atomic E-state index is -0.547. The van der Waals surface area contributed by atoms with E-state index in [0.29, 0.717) is 11.0 Å². The molecule has 26 heavy (non-hydrogen) atoms. The zero-order chi connectivity index (χ0) is 18.8. The van der Waals surface area contributed by atoms with Crippen molar-refractivity contribution in [3.05, 3.63) is 68.8 Å². The largest absolute Gasteiger partial charge is 0.482 e. The van der Waals surface area contributed by atoms with Crippen LogP contribution in [0.1, 0.15) is 11.1 Å². The Balaban J connectivity index is 1.75. The first kappa shape index (κ1) is 17.9. The van der Waals surface area contributed by atoms with E-state index in [-0.39, 0.29) is 23.1 Å². The van der Waals surface area contributed by atoms with Crippen molar-refractivity contribution < 1.29 is 18.3 Å². The van der Waals surface area contributed by atoms with Gasteiger partial charge in [0.05, 0.1) is 10.7 Å². The highest BCUT2D eigenvalue weighted by molar-refractivity contribution is 6.32. The molecule has 1 amide bonds. The van der Waals surface area contributed by atoms with Crippen LogP contribution in [-0.4, -0.2) is 12.5 Å². The third-order valence-electron chi connectivity index (χ3n) is 3.76. The Morgan fingerprint density at radius 2 is 2.00 bits per heavy atom. The van der Waals surface area contributed by atoms with Crippen LogP contribution in [0.25, 0.3) is 11.0 Å².